The van der Waals surface area contributed by atoms with Crippen molar-refractivity contribution in [3.05, 3.63) is 47.8 Å². The van der Waals surface area contributed by atoms with Crippen LogP contribution in [0, 0.1) is 18.3 Å². The topological polar surface area (TPSA) is 107 Å². The minimum absolute atomic E-state index is 0.283. The van der Waals surface area contributed by atoms with E-state index in [-0.39, 0.29) is 5.75 Å². The highest BCUT2D eigenvalue weighted by molar-refractivity contribution is 7.99. The van der Waals surface area contributed by atoms with Gasteiger partial charge in [-0.25, -0.2) is 0 Å². The predicted octanol–water partition coefficient (Wildman–Crippen LogP) is 1.46. The molecule has 130 valence electrons. The Labute approximate surface area is 149 Å². The molecule has 0 unspecified atom stereocenters. The summed E-state index contributed by atoms with van der Waals surface area (Å²) in [5.74, 6) is 0.741. The summed E-state index contributed by atoms with van der Waals surface area (Å²) in [6, 6.07) is 9.44. The van der Waals surface area contributed by atoms with Gasteiger partial charge in [0.05, 0.1) is 23.9 Å². The first kappa shape index (κ1) is 17.7. The first-order valence-corrected chi connectivity index (χ1v) is 8.83. The van der Waals surface area contributed by atoms with Crippen molar-refractivity contribution in [2.75, 3.05) is 5.75 Å². The van der Waals surface area contributed by atoms with Crippen LogP contribution in [-0.2, 0) is 0 Å². The Kier molecular flexibility index (Phi) is 5.25. The lowest BCUT2D eigenvalue weighted by atomic mass is 10.0. The van der Waals surface area contributed by atoms with Gasteiger partial charge >= 0.3 is 0 Å². The van der Waals surface area contributed by atoms with Crippen molar-refractivity contribution in [2.24, 2.45) is 0 Å². The monoisotopic (exact) mass is 358 g/mol. The maximum absolute atomic E-state index is 10.0. The van der Waals surface area contributed by atoms with Gasteiger partial charge in [0.15, 0.2) is 5.44 Å². The summed E-state index contributed by atoms with van der Waals surface area (Å²) in [5.41, 5.74) is 2.54. The van der Waals surface area contributed by atoms with Gasteiger partial charge in [-0.1, -0.05) is 12.1 Å². The van der Waals surface area contributed by atoms with E-state index in [4.69, 9.17) is 10.00 Å². The van der Waals surface area contributed by atoms with Gasteiger partial charge in [-0.05, 0) is 30.2 Å². The van der Waals surface area contributed by atoms with Crippen molar-refractivity contribution in [3.63, 3.8) is 0 Å². The molecule has 0 bridgehead atoms. The Morgan fingerprint density at radius 1 is 1.16 bits per heavy atom. The molecule has 7 heteroatoms. The van der Waals surface area contributed by atoms with E-state index in [1.807, 2.05) is 19.1 Å². The molecule has 4 atom stereocenters. The molecule has 1 fully saturated rings. The average Bonchev–Trinajstić information content (AvgIpc) is 2.62. The van der Waals surface area contributed by atoms with Gasteiger partial charge < -0.3 is 20.1 Å². The van der Waals surface area contributed by atoms with Crippen LogP contribution in [0.4, 0.5) is 0 Å². The largest absolute Gasteiger partial charge is 0.475 e. The first-order valence-electron chi connectivity index (χ1n) is 7.78. The van der Waals surface area contributed by atoms with Crippen LogP contribution in [0.1, 0.15) is 11.1 Å². The van der Waals surface area contributed by atoms with Gasteiger partial charge in [-0.2, -0.15) is 5.26 Å². The number of aliphatic hydroxyl groups is 3. The number of ether oxygens (including phenoxy) is 1. The van der Waals surface area contributed by atoms with E-state index in [2.05, 4.69) is 11.1 Å². The van der Waals surface area contributed by atoms with Crippen LogP contribution in [-0.4, -0.2) is 49.8 Å². The first-order chi connectivity index (χ1) is 12.0. The van der Waals surface area contributed by atoms with Crippen LogP contribution >= 0.6 is 11.8 Å². The van der Waals surface area contributed by atoms with Crippen molar-refractivity contribution in [3.8, 4) is 22.9 Å². The minimum Gasteiger partial charge on any atom is -0.475 e. The summed E-state index contributed by atoms with van der Waals surface area (Å²) in [6.07, 6.45) is -0.161. The van der Waals surface area contributed by atoms with Crippen LogP contribution in [0.3, 0.4) is 0 Å². The Bertz CT molecular complexity index is 808. The molecule has 0 radical (unpaired) electrons. The SMILES string of the molecule is Cc1cc(-c2cncc(O[C@@H]3SC[C@@H](O)[C@H](O)[C@H]3O)c2)ccc1C#N. The second-order valence-corrected chi connectivity index (χ2v) is 7.05. The molecule has 1 saturated heterocycles. The molecular weight excluding hydrogens is 340 g/mol. The Morgan fingerprint density at radius 3 is 2.68 bits per heavy atom. The van der Waals surface area contributed by atoms with E-state index in [1.54, 1.807) is 18.3 Å². The van der Waals surface area contributed by atoms with E-state index < -0.39 is 23.7 Å². The molecule has 0 aliphatic carbocycles. The zero-order chi connectivity index (χ0) is 18.0. The average molecular weight is 358 g/mol. The van der Waals surface area contributed by atoms with E-state index >= 15 is 0 Å². The van der Waals surface area contributed by atoms with Crippen molar-refractivity contribution in [2.45, 2.75) is 30.7 Å². The highest BCUT2D eigenvalue weighted by Gasteiger charge is 2.38. The van der Waals surface area contributed by atoms with Gasteiger partial charge in [0.25, 0.3) is 0 Å². The number of aromatic nitrogens is 1. The molecule has 1 aliphatic rings. The Hall–Kier alpha value is -2.11. The quantitative estimate of drug-likeness (QED) is 0.762. The van der Waals surface area contributed by atoms with Crippen molar-refractivity contribution in [1.29, 1.82) is 5.26 Å². The van der Waals surface area contributed by atoms with Crippen LogP contribution in [0.25, 0.3) is 11.1 Å². The lowest BCUT2D eigenvalue weighted by molar-refractivity contribution is -0.0786. The van der Waals surface area contributed by atoms with E-state index in [9.17, 15) is 15.3 Å². The van der Waals surface area contributed by atoms with Crippen LogP contribution in [0.2, 0.25) is 0 Å². The van der Waals surface area contributed by atoms with E-state index in [1.165, 1.54) is 18.0 Å². The fraction of sp³-hybridized carbons (Fsp3) is 0.333. The number of benzene rings is 1. The fourth-order valence-corrected chi connectivity index (χ4v) is 3.75. The zero-order valence-corrected chi connectivity index (χ0v) is 14.3. The standard InChI is InChI=1S/C18H18N2O4S/c1-10-4-11(2-3-12(10)6-19)13-5-14(8-20-7-13)24-18-17(23)16(22)15(21)9-25-18/h2-5,7-8,15-18,21-23H,9H2,1H3/t15-,16+,17-,18-/m1/s1. The van der Waals surface area contributed by atoms with E-state index in [0.717, 1.165) is 16.7 Å². The number of hydrogen-bond acceptors (Lipinski definition) is 7. The number of nitrogens with zero attached hydrogens (tertiary/aromatic N) is 2. The molecule has 0 amide bonds. The summed E-state index contributed by atoms with van der Waals surface area (Å²) in [6.45, 7) is 1.87. The summed E-state index contributed by atoms with van der Waals surface area (Å²) in [7, 11) is 0. The third-order valence-corrected chi connectivity index (χ3v) is 5.34. The lowest BCUT2D eigenvalue weighted by Gasteiger charge is -2.34. The summed E-state index contributed by atoms with van der Waals surface area (Å²) in [4.78, 5) is 4.16. The van der Waals surface area contributed by atoms with Crippen LogP contribution in [0.15, 0.2) is 36.7 Å². The van der Waals surface area contributed by atoms with Crippen molar-refractivity contribution in [1.82, 2.24) is 4.98 Å². The predicted molar refractivity (Wildman–Crippen MR) is 94.0 cm³/mol. The Balaban J connectivity index is 1.80. The van der Waals surface area contributed by atoms with Gasteiger partial charge in [0, 0.05) is 17.5 Å². The molecule has 3 N–H and O–H groups in total. The van der Waals surface area contributed by atoms with Gasteiger partial charge in [-0.15, -0.1) is 11.8 Å². The number of nitriles is 1. The molecule has 0 spiro atoms. The number of aliphatic hydroxyl groups excluding tert-OH is 3. The minimum atomic E-state index is -1.23. The molecule has 6 nitrogen and oxygen atoms in total. The number of thioether (sulfide) groups is 1. The van der Waals surface area contributed by atoms with Crippen molar-refractivity contribution < 1.29 is 20.1 Å². The normalized spacial score (nSPS) is 26.0. The zero-order valence-electron chi connectivity index (χ0n) is 13.5. The van der Waals surface area contributed by atoms with Gasteiger partial charge in [0.1, 0.15) is 18.0 Å². The number of aryl methyl sites for hydroxylation is 1. The maximum Gasteiger partial charge on any atom is 0.173 e. The smallest absolute Gasteiger partial charge is 0.173 e. The van der Waals surface area contributed by atoms with Gasteiger partial charge in [0.2, 0.25) is 0 Å². The highest BCUT2D eigenvalue weighted by atomic mass is 32.2. The Morgan fingerprint density at radius 2 is 1.96 bits per heavy atom. The van der Waals surface area contributed by atoms with Gasteiger partial charge in [-0.3, -0.25) is 4.98 Å². The molecule has 2 heterocycles. The molecule has 1 aromatic carbocycles. The molecule has 1 aliphatic heterocycles. The number of pyridine rings is 1. The third kappa shape index (κ3) is 3.78. The van der Waals surface area contributed by atoms with Crippen LogP contribution < -0.4 is 4.74 Å². The summed E-state index contributed by atoms with van der Waals surface area (Å²) in [5, 5.41) is 38.4. The molecule has 2 aromatic rings. The van der Waals surface area contributed by atoms with Crippen LogP contribution in [0.5, 0.6) is 5.75 Å². The number of rotatable bonds is 3. The van der Waals surface area contributed by atoms with E-state index in [0.29, 0.717) is 11.3 Å². The molecule has 0 saturated carbocycles. The second-order valence-electron chi connectivity index (χ2n) is 5.92. The lowest BCUT2D eigenvalue weighted by Crippen LogP contribution is -2.50. The van der Waals surface area contributed by atoms with Crippen molar-refractivity contribution >= 4 is 11.8 Å². The summed E-state index contributed by atoms with van der Waals surface area (Å²) >= 11 is 1.24. The number of hydrogen-bond donors (Lipinski definition) is 3. The highest BCUT2D eigenvalue weighted by Crippen LogP contribution is 2.31. The maximum atomic E-state index is 10.0. The fourth-order valence-electron chi connectivity index (χ4n) is 2.63. The second kappa shape index (κ2) is 7.42. The molecule has 25 heavy (non-hydrogen) atoms. The summed E-state index contributed by atoms with van der Waals surface area (Å²) < 4.78 is 5.75. The molecule has 3 rings (SSSR count). The molecular formula is C18H18N2O4S. The third-order valence-electron chi connectivity index (χ3n) is 4.10. The molecule has 1 aromatic heterocycles.